The van der Waals surface area contributed by atoms with Crippen LogP contribution in [0.4, 0.5) is 4.79 Å². The van der Waals surface area contributed by atoms with Crippen molar-refractivity contribution in [3.8, 4) is 0 Å². The minimum Gasteiger partial charge on any atom is -0.445 e. The van der Waals surface area contributed by atoms with E-state index in [0.717, 1.165) is 16.7 Å². The van der Waals surface area contributed by atoms with E-state index in [-0.39, 0.29) is 39.2 Å². The minimum absolute atomic E-state index is 0.0281. The Labute approximate surface area is 294 Å². The fraction of sp³-hybridized carbons (Fsp3) is 0.457. The first-order chi connectivity index (χ1) is 24.9. The first-order valence-electron chi connectivity index (χ1n) is 16.7. The summed E-state index contributed by atoms with van der Waals surface area (Å²) in [5, 5.41) is 33.8. The smallest absolute Gasteiger partial charge is 0.410 e. The number of carbonyl (C=O) groups excluding carboxylic acids is 1. The van der Waals surface area contributed by atoms with Crippen molar-refractivity contribution in [1.29, 1.82) is 0 Å². The lowest BCUT2D eigenvalue weighted by molar-refractivity contribution is -0.170. The lowest BCUT2D eigenvalue weighted by Crippen LogP contribution is -2.61. The molecule has 0 aromatic heterocycles. The van der Waals surface area contributed by atoms with Crippen LogP contribution in [0.2, 0.25) is 0 Å². The van der Waals surface area contributed by atoms with Gasteiger partial charge in [-0.1, -0.05) is 106 Å². The van der Waals surface area contributed by atoms with Gasteiger partial charge in [-0.05, 0) is 52.5 Å². The van der Waals surface area contributed by atoms with Crippen molar-refractivity contribution >= 4 is 6.09 Å². The zero-order chi connectivity index (χ0) is 36.0. The highest BCUT2D eigenvalue weighted by atomic mass is 16.6. The quantitative estimate of drug-likeness (QED) is 0.105. The number of benzene rings is 3. The van der Waals surface area contributed by atoms with Gasteiger partial charge in [-0.15, -0.1) is 0 Å². The van der Waals surface area contributed by atoms with Gasteiger partial charge in [0.15, 0.2) is 0 Å². The molecule has 1 saturated heterocycles. The molecule has 16 heteroatoms. The van der Waals surface area contributed by atoms with Crippen molar-refractivity contribution in [2.75, 3.05) is 6.61 Å². The monoisotopic (exact) mass is 696 g/mol. The molecule has 1 heterocycles. The maximum absolute atomic E-state index is 14.1. The second kappa shape index (κ2) is 18.6. The maximum atomic E-state index is 14.1. The Morgan fingerprint density at radius 1 is 0.765 bits per heavy atom. The molecule has 5 rings (SSSR count). The molecule has 266 valence electrons. The predicted molar refractivity (Wildman–Crippen MR) is 185 cm³/mol. The fourth-order valence-corrected chi connectivity index (χ4v) is 6.86. The van der Waals surface area contributed by atoms with Crippen LogP contribution in [0.1, 0.15) is 36.0 Å². The number of nitrogens with zero attached hydrogens (tertiary/aromatic N) is 10. The molecule has 1 aliphatic carbocycles. The van der Waals surface area contributed by atoms with Gasteiger partial charge in [-0.25, -0.2) is 4.79 Å². The van der Waals surface area contributed by atoms with E-state index in [1.165, 1.54) is 0 Å². The van der Waals surface area contributed by atoms with Gasteiger partial charge in [0.25, 0.3) is 0 Å². The highest BCUT2D eigenvalue weighted by Gasteiger charge is 2.51. The second-order valence-corrected chi connectivity index (χ2v) is 12.5. The van der Waals surface area contributed by atoms with Crippen molar-refractivity contribution in [2.24, 2.45) is 21.3 Å². The molecule has 2 N–H and O–H groups in total. The standard InChI is InChI=1S/C35H40N10O6/c36-42-39-26-16-17-30(51-34(26)31-27(40-43-37)18-28(41-44-38)32(46)33(31)47)29(22-49-20-24-12-6-2-7-13-24)45(19-23-10-4-1-5-11-23)35(48)50-21-25-14-8-3-9-15-25/h1-15,26-34,46-47H,16-22H2/t26?,27?,28?,29-,30+,31-,32+,33+,34?/m1/s1. The van der Waals surface area contributed by atoms with Crippen LogP contribution in [0.25, 0.3) is 31.3 Å². The highest BCUT2D eigenvalue weighted by Crippen LogP contribution is 2.40. The molecule has 0 radical (unpaired) electrons. The Morgan fingerprint density at radius 3 is 1.92 bits per heavy atom. The Morgan fingerprint density at radius 2 is 1.31 bits per heavy atom. The molecule has 4 unspecified atom stereocenters. The number of azide groups is 3. The van der Waals surface area contributed by atoms with Crippen molar-refractivity contribution in [3.05, 3.63) is 139 Å². The lowest BCUT2D eigenvalue weighted by atomic mass is 9.72. The Bertz CT molecular complexity index is 1700. The summed E-state index contributed by atoms with van der Waals surface area (Å²) in [6.07, 6.45) is -4.92. The predicted octanol–water partition coefficient (Wildman–Crippen LogP) is 6.74. The molecular formula is C35H40N10O6. The highest BCUT2D eigenvalue weighted by molar-refractivity contribution is 5.68. The summed E-state index contributed by atoms with van der Waals surface area (Å²) in [4.78, 5) is 24.4. The fourth-order valence-electron chi connectivity index (χ4n) is 6.86. The zero-order valence-corrected chi connectivity index (χ0v) is 27.8. The van der Waals surface area contributed by atoms with E-state index in [4.69, 9.17) is 19.7 Å². The van der Waals surface area contributed by atoms with Crippen molar-refractivity contribution in [1.82, 2.24) is 4.90 Å². The lowest BCUT2D eigenvalue weighted by Gasteiger charge is -2.49. The van der Waals surface area contributed by atoms with Crippen molar-refractivity contribution < 1.29 is 29.2 Å². The summed E-state index contributed by atoms with van der Waals surface area (Å²) < 4.78 is 18.8. The second-order valence-electron chi connectivity index (χ2n) is 12.5. The number of carbonyl (C=O) groups is 1. The number of aliphatic hydroxyl groups is 2. The average Bonchev–Trinajstić information content (AvgIpc) is 3.16. The van der Waals surface area contributed by atoms with Crippen LogP contribution < -0.4 is 0 Å². The van der Waals surface area contributed by atoms with Crippen LogP contribution in [0.5, 0.6) is 0 Å². The Kier molecular flexibility index (Phi) is 13.5. The largest absolute Gasteiger partial charge is 0.445 e. The van der Waals surface area contributed by atoms with Crippen molar-refractivity contribution in [3.63, 3.8) is 0 Å². The van der Waals surface area contributed by atoms with Crippen LogP contribution >= 0.6 is 0 Å². The average molecular weight is 697 g/mol. The van der Waals surface area contributed by atoms with Gasteiger partial charge < -0.3 is 24.4 Å². The molecule has 9 atom stereocenters. The van der Waals surface area contributed by atoms with E-state index in [1.807, 2.05) is 91.0 Å². The number of rotatable bonds is 14. The number of aliphatic hydroxyl groups excluding tert-OH is 2. The summed E-state index contributed by atoms with van der Waals surface area (Å²) >= 11 is 0. The molecule has 16 nitrogen and oxygen atoms in total. The maximum Gasteiger partial charge on any atom is 0.410 e. The first kappa shape index (κ1) is 37.0. The Hall–Kier alpha value is -5.30. The summed E-state index contributed by atoms with van der Waals surface area (Å²) in [6, 6.07) is 24.7. The van der Waals surface area contributed by atoms with E-state index in [9.17, 15) is 26.1 Å². The van der Waals surface area contributed by atoms with E-state index in [2.05, 4.69) is 30.1 Å². The van der Waals surface area contributed by atoms with Gasteiger partial charge in [0.2, 0.25) is 0 Å². The molecule has 1 aliphatic heterocycles. The molecule has 3 aromatic rings. The number of hydrogen-bond donors (Lipinski definition) is 2. The van der Waals surface area contributed by atoms with Gasteiger partial charge in [-0.2, -0.15) is 0 Å². The SMILES string of the molecule is [N-]=[N+]=NC1CC[C@@H]([C@@H](COCc2ccccc2)N(Cc2ccccc2)C(=O)OCc2ccccc2)OC1[C@@H]1C(N=[N+]=[N-])CC(N=[N+]=[N-])[C@H](O)[C@H]1O. The molecule has 0 spiro atoms. The number of ether oxygens (including phenoxy) is 3. The van der Waals surface area contributed by atoms with Gasteiger partial charge in [-0.3, -0.25) is 4.90 Å². The van der Waals surface area contributed by atoms with Crippen LogP contribution in [0.3, 0.4) is 0 Å². The summed E-state index contributed by atoms with van der Waals surface area (Å²) in [5.41, 5.74) is 30.5. The van der Waals surface area contributed by atoms with Crippen LogP contribution in [0, 0.1) is 5.92 Å². The molecular weight excluding hydrogens is 656 g/mol. The first-order valence-corrected chi connectivity index (χ1v) is 16.7. The van der Waals surface area contributed by atoms with E-state index < -0.39 is 60.6 Å². The summed E-state index contributed by atoms with van der Waals surface area (Å²) in [6.45, 7) is 0.459. The van der Waals surface area contributed by atoms with Gasteiger partial charge in [0.05, 0.1) is 55.8 Å². The molecule has 2 fully saturated rings. The molecule has 51 heavy (non-hydrogen) atoms. The number of hydrogen-bond acceptors (Lipinski definition) is 9. The third kappa shape index (κ3) is 9.69. The van der Waals surface area contributed by atoms with Gasteiger partial charge in [0, 0.05) is 33.2 Å². The normalized spacial score (nSPS) is 26.3. The molecule has 2 aliphatic rings. The van der Waals surface area contributed by atoms with Crippen LogP contribution in [-0.4, -0.2) is 76.4 Å². The summed E-state index contributed by atoms with van der Waals surface area (Å²) in [5.74, 6) is -1.04. The molecule has 1 amide bonds. The summed E-state index contributed by atoms with van der Waals surface area (Å²) in [7, 11) is 0. The van der Waals surface area contributed by atoms with Gasteiger partial charge >= 0.3 is 6.09 Å². The Balaban J connectivity index is 1.49. The van der Waals surface area contributed by atoms with Crippen LogP contribution in [-0.2, 0) is 34.0 Å². The van der Waals surface area contributed by atoms with Crippen molar-refractivity contribution in [2.45, 2.75) is 87.6 Å². The van der Waals surface area contributed by atoms with E-state index in [0.29, 0.717) is 6.42 Å². The van der Waals surface area contributed by atoms with Gasteiger partial charge in [0.1, 0.15) is 6.61 Å². The molecule has 3 aromatic carbocycles. The van der Waals surface area contributed by atoms with E-state index in [1.54, 1.807) is 4.90 Å². The third-order valence-corrected chi connectivity index (χ3v) is 9.37. The zero-order valence-electron chi connectivity index (χ0n) is 27.8. The molecule has 0 bridgehead atoms. The number of amides is 1. The van der Waals surface area contributed by atoms with Crippen LogP contribution in [0.15, 0.2) is 106 Å². The third-order valence-electron chi connectivity index (χ3n) is 9.37. The van der Waals surface area contributed by atoms with E-state index >= 15 is 0 Å². The topological polar surface area (TPSA) is 235 Å². The molecule has 1 saturated carbocycles. The minimum atomic E-state index is -1.56.